The molecule has 3 aromatic rings. The van der Waals surface area contributed by atoms with Crippen LogP contribution >= 0.6 is 0 Å². The van der Waals surface area contributed by atoms with Crippen LogP contribution in [-0.4, -0.2) is 82.4 Å². The Morgan fingerprint density at radius 1 is 1.07 bits per heavy atom. The van der Waals surface area contributed by atoms with E-state index in [1.165, 1.54) is 0 Å². The lowest BCUT2D eigenvalue weighted by atomic mass is 9.85. The van der Waals surface area contributed by atoms with Crippen LogP contribution in [0.1, 0.15) is 23.3 Å². The second kappa shape index (κ2) is 10.4. The number of aromatic nitrogens is 1. The van der Waals surface area contributed by atoms with E-state index in [2.05, 4.69) is 35.1 Å². The lowest BCUT2D eigenvalue weighted by molar-refractivity contribution is -0.133. The average molecular weight is 543 g/mol. The van der Waals surface area contributed by atoms with Crippen molar-refractivity contribution in [2.24, 2.45) is 0 Å². The number of carbonyl (C=O) groups excluding carboxylic acids is 1. The number of ether oxygens (including phenoxy) is 2. The quantitative estimate of drug-likeness (QED) is 0.431. The van der Waals surface area contributed by atoms with Crippen molar-refractivity contribution in [2.75, 3.05) is 44.4 Å². The number of piperidine rings is 1. The highest BCUT2D eigenvalue weighted by Crippen LogP contribution is 2.42. The monoisotopic (exact) mass is 542 g/mol. The molecule has 2 fully saturated rings. The fourth-order valence-corrected chi connectivity index (χ4v) is 6.39. The molecule has 3 aliphatic rings. The molecule has 1 spiro atoms. The summed E-state index contributed by atoms with van der Waals surface area (Å²) in [4.78, 5) is 32.0. The molecule has 2 saturated heterocycles. The van der Waals surface area contributed by atoms with Crippen LogP contribution in [0.25, 0.3) is 10.9 Å². The molecule has 1 unspecified atom stereocenters. The van der Waals surface area contributed by atoms with E-state index >= 15 is 0 Å². The summed E-state index contributed by atoms with van der Waals surface area (Å²) in [6.45, 7) is 11.7. The van der Waals surface area contributed by atoms with Gasteiger partial charge in [-0.1, -0.05) is 30.4 Å². The number of aromatic carboxylic acids is 1. The maximum Gasteiger partial charge on any atom is 0.352 e. The number of carboxylic acids is 1. The predicted molar refractivity (Wildman–Crippen MR) is 153 cm³/mol. The van der Waals surface area contributed by atoms with E-state index in [0.29, 0.717) is 44.4 Å². The van der Waals surface area contributed by atoms with Gasteiger partial charge in [-0.05, 0) is 43.2 Å². The molecule has 9 heteroatoms. The van der Waals surface area contributed by atoms with Gasteiger partial charge in [0.05, 0.1) is 12.2 Å². The van der Waals surface area contributed by atoms with Crippen LogP contribution in [0.15, 0.2) is 73.8 Å². The molecule has 3 aliphatic heterocycles. The van der Waals surface area contributed by atoms with E-state index in [4.69, 9.17) is 9.47 Å². The third kappa shape index (κ3) is 4.30. The van der Waals surface area contributed by atoms with Crippen LogP contribution < -0.4 is 14.4 Å². The highest BCUT2D eigenvalue weighted by Gasteiger charge is 2.53. The lowest BCUT2D eigenvalue weighted by Crippen LogP contribution is -2.57. The second-order valence-electron chi connectivity index (χ2n) is 10.7. The minimum Gasteiger partial charge on any atom is -0.486 e. The van der Waals surface area contributed by atoms with E-state index in [9.17, 15) is 14.7 Å². The Hall–Kier alpha value is -4.24. The molecule has 0 saturated carbocycles. The van der Waals surface area contributed by atoms with Crippen molar-refractivity contribution in [3.05, 3.63) is 79.5 Å². The molecular weight excluding hydrogens is 508 g/mol. The first-order valence-corrected chi connectivity index (χ1v) is 13.7. The summed E-state index contributed by atoms with van der Waals surface area (Å²) < 4.78 is 14.2. The average Bonchev–Trinajstić information content (AvgIpc) is 3.47. The molecule has 0 aliphatic carbocycles. The number of hydrogen-bond acceptors (Lipinski definition) is 6. The van der Waals surface area contributed by atoms with Crippen molar-refractivity contribution in [2.45, 2.75) is 31.0 Å². The third-order valence-electron chi connectivity index (χ3n) is 8.32. The molecule has 0 bridgehead atoms. The first-order chi connectivity index (χ1) is 19.4. The fourth-order valence-electron chi connectivity index (χ4n) is 6.39. The smallest absolute Gasteiger partial charge is 0.352 e. The number of nitrogens with zero attached hydrogens (tertiary/aromatic N) is 4. The lowest BCUT2D eigenvalue weighted by Gasteiger charge is -2.44. The van der Waals surface area contributed by atoms with E-state index in [-0.39, 0.29) is 17.7 Å². The molecule has 1 atom stereocenters. The van der Waals surface area contributed by atoms with Crippen molar-refractivity contribution in [3.8, 4) is 11.5 Å². The Labute approximate surface area is 233 Å². The zero-order chi connectivity index (χ0) is 27.9. The molecule has 1 amide bonds. The number of allylic oxidation sites excluding steroid dienone is 1. The van der Waals surface area contributed by atoms with E-state index in [0.717, 1.165) is 42.5 Å². The number of benzene rings is 2. The molecule has 208 valence electrons. The minimum absolute atomic E-state index is 0.169. The Balaban J connectivity index is 1.19. The molecule has 2 aromatic carbocycles. The molecule has 6 rings (SSSR count). The van der Waals surface area contributed by atoms with Gasteiger partial charge in [-0.25, -0.2) is 4.79 Å². The van der Waals surface area contributed by atoms with Gasteiger partial charge in [0.2, 0.25) is 5.91 Å². The summed E-state index contributed by atoms with van der Waals surface area (Å²) in [6, 6.07) is 15.5. The first-order valence-electron chi connectivity index (χ1n) is 13.7. The van der Waals surface area contributed by atoms with Crippen molar-refractivity contribution in [3.63, 3.8) is 0 Å². The number of likely N-dealkylation sites (tertiary alicyclic amines) is 1. The molecule has 1 aromatic heterocycles. The van der Waals surface area contributed by atoms with Gasteiger partial charge in [0.1, 0.15) is 23.9 Å². The fraction of sp³-hybridized carbons (Fsp3) is 0.355. The van der Waals surface area contributed by atoms with Crippen molar-refractivity contribution >= 4 is 28.5 Å². The standard InChI is InChI=1S/C31H34N4O5/c1-3-14-33-21-35(22-8-6-5-7-9-22)31(30(33)38)12-16-32(17-13-31)19-23-20-39-27-11-10-25-24(28(27)40-23)18-26(29(36)37)34(25)15-4-2/h3-11,18,23H,1-2,12-17,19-21H2,(H,36,37). The molecule has 0 radical (unpaired) electrons. The van der Waals surface area contributed by atoms with Crippen LogP contribution in [0.4, 0.5) is 5.69 Å². The number of amides is 1. The van der Waals surface area contributed by atoms with Crippen LogP contribution in [0.3, 0.4) is 0 Å². The Morgan fingerprint density at radius 3 is 2.52 bits per heavy atom. The van der Waals surface area contributed by atoms with Gasteiger partial charge in [-0.3, -0.25) is 9.69 Å². The summed E-state index contributed by atoms with van der Waals surface area (Å²) >= 11 is 0. The number of rotatable bonds is 8. The van der Waals surface area contributed by atoms with E-state index in [1.54, 1.807) is 22.8 Å². The maximum atomic E-state index is 13.7. The van der Waals surface area contributed by atoms with Gasteiger partial charge in [0.15, 0.2) is 11.5 Å². The topological polar surface area (TPSA) is 87.5 Å². The maximum absolute atomic E-state index is 13.7. The number of carbonyl (C=O) groups is 2. The SMILES string of the molecule is C=CCN1CN(c2ccccc2)C2(CCN(CC3COc4ccc5c(cc(C(=O)O)n5CC=C)c4O3)CC2)C1=O. The molecule has 1 N–H and O–H groups in total. The number of anilines is 1. The minimum atomic E-state index is -1.00. The summed E-state index contributed by atoms with van der Waals surface area (Å²) in [5.41, 5.74) is 1.45. The predicted octanol–water partition coefficient (Wildman–Crippen LogP) is 3.99. The van der Waals surface area contributed by atoms with Crippen molar-refractivity contribution in [1.82, 2.24) is 14.4 Å². The number of fused-ring (bicyclic) bond motifs is 3. The van der Waals surface area contributed by atoms with Crippen molar-refractivity contribution in [1.29, 1.82) is 0 Å². The normalized spacial score (nSPS) is 20.3. The van der Waals surface area contributed by atoms with Gasteiger partial charge >= 0.3 is 5.97 Å². The molecular formula is C31H34N4O5. The zero-order valence-corrected chi connectivity index (χ0v) is 22.5. The summed E-state index contributed by atoms with van der Waals surface area (Å²) in [6.07, 6.45) is 4.68. The van der Waals surface area contributed by atoms with Crippen LogP contribution in [-0.2, 0) is 11.3 Å². The van der Waals surface area contributed by atoms with Crippen LogP contribution in [0.5, 0.6) is 11.5 Å². The molecule has 9 nitrogen and oxygen atoms in total. The molecule has 4 heterocycles. The number of carboxylic acid groups (broad SMARTS) is 1. The van der Waals surface area contributed by atoms with Gasteiger partial charge in [-0.2, -0.15) is 0 Å². The summed E-state index contributed by atoms with van der Waals surface area (Å²) in [7, 11) is 0. The third-order valence-corrected chi connectivity index (χ3v) is 8.32. The highest BCUT2D eigenvalue weighted by atomic mass is 16.6. The van der Waals surface area contributed by atoms with E-state index < -0.39 is 11.5 Å². The Kier molecular flexibility index (Phi) is 6.75. The van der Waals surface area contributed by atoms with Crippen LogP contribution in [0.2, 0.25) is 0 Å². The van der Waals surface area contributed by atoms with E-state index in [1.807, 2.05) is 35.2 Å². The zero-order valence-electron chi connectivity index (χ0n) is 22.5. The van der Waals surface area contributed by atoms with Crippen LogP contribution in [0, 0.1) is 0 Å². The summed E-state index contributed by atoms with van der Waals surface area (Å²) in [5, 5.41) is 10.5. The van der Waals surface area contributed by atoms with Gasteiger partial charge in [0.25, 0.3) is 0 Å². The largest absolute Gasteiger partial charge is 0.486 e. The Bertz CT molecular complexity index is 1460. The number of para-hydroxylation sites is 1. The first kappa shape index (κ1) is 26.0. The Morgan fingerprint density at radius 2 is 1.82 bits per heavy atom. The number of hydrogen-bond donors (Lipinski definition) is 1. The van der Waals surface area contributed by atoms with Gasteiger partial charge in [0, 0.05) is 43.8 Å². The molecule has 40 heavy (non-hydrogen) atoms. The van der Waals surface area contributed by atoms with Gasteiger partial charge in [-0.15, -0.1) is 13.2 Å². The highest BCUT2D eigenvalue weighted by molar-refractivity contribution is 5.98. The summed E-state index contributed by atoms with van der Waals surface area (Å²) in [5.74, 6) is 0.364. The van der Waals surface area contributed by atoms with Gasteiger partial charge < -0.3 is 28.9 Å². The second-order valence-corrected chi connectivity index (χ2v) is 10.7. The van der Waals surface area contributed by atoms with Crippen molar-refractivity contribution < 1.29 is 24.2 Å².